The average molecular weight is 223 g/mol. The second-order valence-electron chi connectivity index (χ2n) is 4.07. The summed E-state index contributed by atoms with van der Waals surface area (Å²) in [5, 5.41) is 3.68. The summed E-state index contributed by atoms with van der Waals surface area (Å²) in [6.45, 7) is 4.25. The van der Waals surface area contributed by atoms with Gasteiger partial charge in [-0.15, -0.1) is 0 Å². The lowest BCUT2D eigenvalue weighted by Gasteiger charge is -2.01. The number of rotatable bonds is 0. The summed E-state index contributed by atoms with van der Waals surface area (Å²) in [5.41, 5.74) is 1.09. The van der Waals surface area contributed by atoms with Gasteiger partial charge >= 0.3 is 0 Å². The van der Waals surface area contributed by atoms with Gasteiger partial charge in [0.15, 0.2) is 0 Å². The quantitative estimate of drug-likeness (QED) is 0.499. The van der Waals surface area contributed by atoms with Gasteiger partial charge in [-0.3, -0.25) is 4.98 Å². The summed E-state index contributed by atoms with van der Waals surface area (Å²) in [6.07, 6.45) is 3.09. The third kappa shape index (κ3) is 2.44. The van der Waals surface area contributed by atoms with E-state index in [0.717, 1.165) is 5.52 Å². The van der Waals surface area contributed by atoms with Crippen LogP contribution >= 0.6 is 0 Å². The van der Waals surface area contributed by atoms with E-state index < -0.39 is 0 Å². The Kier molecular flexibility index (Phi) is 3.71. The molecule has 0 amide bonds. The first-order valence-electron chi connectivity index (χ1n) is 6.09. The number of hydrogen-bond acceptors (Lipinski definition) is 1. The molecule has 0 saturated carbocycles. The van der Waals surface area contributed by atoms with Gasteiger partial charge < -0.3 is 0 Å². The highest BCUT2D eigenvalue weighted by Gasteiger charge is 1.98. The molecule has 1 heteroatoms. The van der Waals surface area contributed by atoms with Crippen molar-refractivity contribution in [2.45, 2.75) is 20.3 Å². The maximum atomic E-state index is 4.41. The van der Waals surface area contributed by atoms with E-state index in [-0.39, 0.29) is 0 Å². The van der Waals surface area contributed by atoms with E-state index in [1.54, 1.807) is 0 Å². The Morgan fingerprint density at radius 2 is 1.47 bits per heavy atom. The maximum Gasteiger partial charge on any atom is 0.0780 e. The van der Waals surface area contributed by atoms with Crippen molar-refractivity contribution in [2.24, 2.45) is 0 Å². The standard InChI is InChI=1S/C13H9N.C3H8/c1-2-6-12-10(4-1)7-8-11-5-3-9-14-13(11)12;1-3-2/h1-9H;3H2,1-2H3. The predicted molar refractivity (Wildman–Crippen MR) is 75.2 cm³/mol. The van der Waals surface area contributed by atoms with E-state index in [1.165, 1.54) is 22.6 Å². The summed E-state index contributed by atoms with van der Waals surface area (Å²) in [6, 6.07) is 16.7. The van der Waals surface area contributed by atoms with Gasteiger partial charge in [-0.1, -0.05) is 62.7 Å². The molecule has 0 aliphatic rings. The van der Waals surface area contributed by atoms with Gasteiger partial charge in [-0.05, 0) is 11.5 Å². The van der Waals surface area contributed by atoms with Gasteiger partial charge in [0, 0.05) is 17.0 Å². The molecule has 0 N–H and O–H groups in total. The number of aromatic nitrogens is 1. The Balaban J connectivity index is 0.000000329. The minimum absolute atomic E-state index is 1.09. The second kappa shape index (κ2) is 5.44. The number of nitrogens with zero attached hydrogens (tertiary/aromatic N) is 1. The van der Waals surface area contributed by atoms with Gasteiger partial charge in [-0.2, -0.15) is 0 Å². The first-order chi connectivity index (χ1) is 8.36. The molecule has 1 nitrogen and oxygen atoms in total. The van der Waals surface area contributed by atoms with E-state index in [2.05, 4.69) is 61.3 Å². The first-order valence-corrected chi connectivity index (χ1v) is 6.09. The summed E-state index contributed by atoms with van der Waals surface area (Å²) < 4.78 is 0. The highest BCUT2D eigenvalue weighted by Crippen LogP contribution is 2.22. The van der Waals surface area contributed by atoms with Crippen LogP contribution in [0.25, 0.3) is 21.7 Å². The SMILES string of the molecule is CCC.c1ccc2c(c1)ccc1cccnc12. The van der Waals surface area contributed by atoms with E-state index in [1.807, 2.05) is 12.3 Å². The van der Waals surface area contributed by atoms with Crippen molar-refractivity contribution in [2.75, 3.05) is 0 Å². The predicted octanol–water partition coefficient (Wildman–Crippen LogP) is 4.80. The molecule has 2 aromatic carbocycles. The topological polar surface area (TPSA) is 12.9 Å². The summed E-state index contributed by atoms with van der Waals surface area (Å²) in [7, 11) is 0. The third-order valence-electron chi connectivity index (χ3n) is 2.50. The zero-order chi connectivity index (χ0) is 12.1. The zero-order valence-electron chi connectivity index (χ0n) is 10.4. The molecule has 86 valence electrons. The van der Waals surface area contributed by atoms with Crippen molar-refractivity contribution in [3.8, 4) is 0 Å². The van der Waals surface area contributed by atoms with Crippen LogP contribution in [0.3, 0.4) is 0 Å². The number of fused-ring (bicyclic) bond motifs is 3. The maximum absolute atomic E-state index is 4.41. The molecule has 0 radical (unpaired) electrons. The van der Waals surface area contributed by atoms with E-state index in [0.29, 0.717) is 0 Å². The van der Waals surface area contributed by atoms with Crippen LogP contribution < -0.4 is 0 Å². The average Bonchev–Trinajstić information content (AvgIpc) is 2.40. The van der Waals surface area contributed by atoms with Crippen LogP contribution in [0.2, 0.25) is 0 Å². The van der Waals surface area contributed by atoms with Gasteiger partial charge in [0.25, 0.3) is 0 Å². The molecule has 3 aromatic rings. The van der Waals surface area contributed by atoms with Crippen LogP contribution in [-0.4, -0.2) is 4.98 Å². The highest BCUT2D eigenvalue weighted by atomic mass is 14.6. The third-order valence-corrected chi connectivity index (χ3v) is 2.50. The molecule has 17 heavy (non-hydrogen) atoms. The molecule has 0 spiro atoms. The van der Waals surface area contributed by atoms with E-state index in [4.69, 9.17) is 0 Å². The molecule has 0 aliphatic carbocycles. The fourth-order valence-corrected chi connectivity index (χ4v) is 1.81. The van der Waals surface area contributed by atoms with Crippen LogP contribution in [0.5, 0.6) is 0 Å². The van der Waals surface area contributed by atoms with Gasteiger partial charge in [0.2, 0.25) is 0 Å². The van der Waals surface area contributed by atoms with Crippen molar-refractivity contribution in [1.29, 1.82) is 0 Å². The molecule has 0 saturated heterocycles. The molecule has 0 aliphatic heterocycles. The van der Waals surface area contributed by atoms with Gasteiger partial charge in [0.05, 0.1) is 5.52 Å². The lowest BCUT2D eigenvalue weighted by molar-refractivity contribution is 1.09. The fraction of sp³-hybridized carbons (Fsp3) is 0.188. The molecule has 1 heterocycles. The molecule has 3 rings (SSSR count). The lowest BCUT2D eigenvalue weighted by Crippen LogP contribution is -1.79. The monoisotopic (exact) mass is 223 g/mol. The number of hydrogen-bond donors (Lipinski definition) is 0. The molecule has 0 atom stereocenters. The highest BCUT2D eigenvalue weighted by molar-refractivity contribution is 6.04. The van der Waals surface area contributed by atoms with Crippen LogP contribution in [-0.2, 0) is 0 Å². The first kappa shape index (κ1) is 11.6. The smallest absolute Gasteiger partial charge is 0.0780 e. The summed E-state index contributed by atoms with van der Waals surface area (Å²) in [4.78, 5) is 4.41. The van der Waals surface area contributed by atoms with Crippen LogP contribution in [0.4, 0.5) is 0 Å². The Morgan fingerprint density at radius 3 is 2.29 bits per heavy atom. The zero-order valence-corrected chi connectivity index (χ0v) is 10.4. The van der Waals surface area contributed by atoms with Gasteiger partial charge in [-0.25, -0.2) is 0 Å². The van der Waals surface area contributed by atoms with Crippen LogP contribution in [0, 0.1) is 0 Å². The molecular weight excluding hydrogens is 206 g/mol. The van der Waals surface area contributed by atoms with E-state index >= 15 is 0 Å². The number of pyridine rings is 1. The van der Waals surface area contributed by atoms with Crippen molar-refractivity contribution in [3.05, 3.63) is 54.7 Å². The second-order valence-corrected chi connectivity index (χ2v) is 4.07. The van der Waals surface area contributed by atoms with Crippen molar-refractivity contribution < 1.29 is 0 Å². The normalized spacial score (nSPS) is 10.0. The fourth-order valence-electron chi connectivity index (χ4n) is 1.81. The lowest BCUT2D eigenvalue weighted by atomic mass is 10.1. The van der Waals surface area contributed by atoms with Crippen molar-refractivity contribution >= 4 is 21.7 Å². The van der Waals surface area contributed by atoms with Crippen molar-refractivity contribution in [1.82, 2.24) is 4.98 Å². The summed E-state index contributed by atoms with van der Waals surface area (Å²) >= 11 is 0. The summed E-state index contributed by atoms with van der Waals surface area (Å²) in [5.74, 6) is 0. The Bertz CT molecular complexity index is 559. The van der Waals surface area contributed by atoms with E-state index in [9.17, 15) is 0 Å². The van der Waals surface area contributed by atoms with Crippen LogP contribution in [0.1, 0.15) is 20.3 Å². The largest absolute Gasteiger partial charge is 0.256 e. The minimum atomic E-state index is 1.09. The Labute approximate surface area is 102 Å². The van der Waals surface area contributed by atoms with Crippen LogP contribution in [0.15, 0.2) is 54.7 Å². The number of benzene rings is 2. The molecule has 0 fully saturated rings. The van der Waals surface area contributed by atoms with Gasteiger partial charge in [0.1, 0.15) is 0 Å². The molecule has 1 aromatic heterocycles. The molecule has 0 unspecified atom stereocenters. The Morgan fingerprint density at radius 1 is 0.824 bits per heavy atom. The molecule has 0 bridgehead atoms. The van der Waals surface area contributed by atoms with Crippen molar-refractivity contribution in [3.63, 3.8) is 0 Å². The minimum Gasteiger partial charge on any atom is -0.256 e. The molecular formula is C16H17N. The Hall–Kier alpha value is -1.89.